The maximum Gasteiger partial charge on any atom is 0.231 e. The summed E-state index contributed by atoms with van der Waals surface area (Å²) < 4.78 is 0. The topological polar surface area (TPSA) is 81.2 Å². The van der Waals surface area contributed by atoms with Crippen LogP contribution in [-0.2, 0) is 24.2 Å². The van der Waals surface area contributed by atoms with Crippen molar-refractivity contribution < 1.29 is 9.90 Å². The molecule has 5 aromatic carbocycles. The fourth-order valence-corrected chi connectivity index (χ4v) is 5.45. The summed E-state index contributed by atoms with van der Waals surface area (Å²) in [7, 11) is 0. The molecular weight excluding hydrogens is 544 g/mol. The van der Waals surface area contributed by atoms with Crippen molar-refractivity contribution in [2.45, 2.75) is 25.5 Å². The van der Waals surface area contributed by atoms with Gasteiger partial charge >= 0.3 is 0 Å². The van der Waals surface area contributed by atoms with Gasteiger partial charge in [-0.25, -0.2) is 4.98 Å². The molecule has 44 heavy (non-hydrogen) atoms. The number of aromatic nitrogens is 2. The molecule has 1 heterocycles. The molecule has 1 amide bonds. The number of rotatable bonds is 12. The number of fused-ring (bicyclic) bond motifs is 1. The van der Waals surface area contributed by atoms with Crippen molar-refractivity contribution in [3.05, 3.63) is 156 Å². The SMILES string of the molecule is O=C(Cc1nc2ccccc2[nH]1)Nc1ccc(-c2ccc(CCN(Cc3ccccc3)C[C@H](O)c3ccccc3)cc2)cc1. The first-order valence-electron chi connectivity index (χ1n) is 15.0. The lowest BCUT2D eigenvalue weighted by molar-refractivity contribution is -0.115. The van der Waals surface area contributed by atoms with Crippen LogP contribution in [0.1, 0.15) is 28.6 Å². The second-order valence-corrected chi connectivity index (χ2v) is 11.1. The van der Waals surface area contributed by atoms with E-state index in [0.717, 1.165) is 52.9 Å². The highest BCUT2D eigenvalue weighted by atomic mass is 16.3. The lowest BCUT2D eigenvalue weighted by Crippen LogP contribution is -2.30. The number of benzene rings is 5. The minimum atomic E-state index is -0.541. The van der Waals surface area contributed by atoms with Crippen LogP contribution in [0.15, 0.2) is 133 Å². The number of aliphatic hydroxyl groups excluding tert-OH is 1. The Morgan fingerprint density at radius 2 is 1.39 bits per heavy atom. The first-order valence-corrected chi connectivity index (χ1v) is 15.0. The van der Waals surface area contributed by atoms with Gasteiger partial charge in [-0.1, -0.05) is 109 Å². The number of hydrogen-bond acceptors (Lipinski definition) is 4. The zero-order valence-corrected chi connectivity index (χ0v) is 24.6. The normalized spacial score (nSPS) is 12.0. The molecule has 0 spiro atoms. The van der Waals surface area contributed by atoms with Gasteiger partial charge < -0.3 is 15.4 Å². The second kappa shape index (κ2) is 14.0. The van der Waals surface area contributed by atoms with Crippen molar-refractivity contribution >= 4 is 22.6 Å². The maximum atomic E-state index is 12.6. The molecule has 3 N–H and O–H groups in total. The Hall–Kier alpha value is -5.04. The third-order valence-corrected chi connectivity index (χ3v) is 7.80. The van der Waals surface area contributed by atoms with E-state index in [1.54, 1.807) is 0 Å². The summed E-state index contributed by atoms with van der Waals surface area (Å²) >= 11 is 0. The zero-order chi connectivity index (χ0) is 30.1. The monoisotopic (exact) mass is 580 g/mol. The minimum absolute atomic E-state index is 0.112. The lowest BCUT2D eigenvalue weighted by Gasteiger charge is -2.25. The number of H-pyrrole nitrogens is 1. The van der Waals surface area contributed by atoms with Crippen LogP contribution in [0, 0.1) is 0 Å². The van der Waals surface area contributed by atoms with E-state index in [4.69, 9.17) is 0 Å². The summed E-state index contributed by atoms with van der Waals surface area (Å²) in [5, 5.41) is 13.9. The first kappa shape index (κ1) is 29.1. The number of aromatic amines is 1. The summed E-state index contributed by atoms with van der Waals surface area (Å²) in [5.41, 5.74) is 8.16. The van der Waals surface area contributed by atoms with Crippen molar-refractivity contribution in [1.29, 1.82) is 0 Å². The number of aliphatic hydroxyl groups is 1. The lowest BCUT2D eigenvalue weighted by atomic mass is 10.0. The standard InChI is InChI=1S/C38H36N4O2/c43-36(32-11-5-2-6-12-32)27-42(26-29-9-3-1-4-10-29)24-23-28-15-17-30(18-16-28)31-19-21-33(22-20-31)39-38(44)25-37-40-34-13-7-8-14-35(34)41-37/h1-22,36,43H,23-27H2,(H,39,44)(H,40,41)/t36-/m0/s1. The quantitative estimate of drug-likeness (QED) is 0.143. The Kier molecular flexibility index (Phi) is 9.21. The van der Waals surface area contributed by atoms with Crippen LogP contribution < -0.4 is 5.32 Å². The third-order valence-electron chi connectivity index (χ3n) is 7.80. The molecule has 0 radical (unpaired) electrons. The van der Waals surface area contributed by atoms with Crippen molar-refractivity contribution in [2.75, 3.05) is 18.4 Å². The molecule has 220 valence electrons. The van der Waals surface area contributed by atoms with Crippen LogP contribution in [-0.4, -0.2) is 39.0 Å². The van der Waals surface area contributed by atoms with Crippen LogP contribution in [0.4, 0.5) is 5.69 Å². The van der Waals surface area contributed by atoms with Gasteiger partial charge in [0.15, 0.2) is 0 Å². The number of anilines is 1. The van der Waals surface area contributed by atoms with Gasteiger partial charge in [-0.15, -0.1) is 0 Å². The van der Waals surface area contributed by atoms with E-state index in [-0.39, 0.29) is 12.3 Å². The fraction of sp³-hybridized carbons (Fsp3) is 0.158. The number of carbonyl (C=O) groups is 1. The number of amides is 1. The largest absolute Gasteiger partial charge is 0.387 e. The zero-order valence-electron chi connectivity index (χ0n) is 24.6. The molecule has 6 nitrogen and oxygen atoms in total. The molecule has 0 saturated carbocycles. The Morgan fingerprint density at radius 3 is 2.09 bits per heavy atom. The Balaban J connectivity index is 1.04. The fourth-order valence-electron chi connectivity index (χ4n) is 5.45. The molecule has 0 aliphatic carbocycles. The van der Waals surface area contributed by atoms with Gasteiger partial charge in [0.05, 0.1) is 23.6 Å². The highest BCUT2D eigenvalue weighted by molar-refractivity contribution is 5.92. The molecule has 1 atom stereocenters. The Bertz CT molecular complexity index is 1750. The van der Waals surface area contributed by atoms with Gasteiger partial charge in [-0.2, -0.15) is 0 Å². The molecule has 6 aromatic rings. The van der Waals surface area contributed by atoms with E-state index in [9.17, 15) is 9.90 Å². The van der Waals surface area contributed by atoms with Crippen molar-refractivity contribution in [3.8, 4) is 11.1 Å². The molecule has 1 aromatic heterocycles. The number of nitrogens with one attached hydrogen (secondary N) is 2. The molecule has 6 rings (SSSR count). The van der Waals surface area contributed by atoms with Gasteiger partial charge in [0.1, 0.15) is 5.82 Å². The smallest absolute Gasteiger partial charge is 0.231 e. The van der Waals surface area contributed by atoms with Gasteiger partial charge in [-0.3, -0.25) is 9.69 Å². The average molecular weight is 581 g/mol. The van der Waals surface area contributed by atoms with Crippen LogP contribution >= 0.6 is 0 Å². The van der Waals surface area contributed by atoms with E-state index in [1.165, 1.54) is 11.1 Å². The van der Waals surface area contributed by atoms with Crippen LogP contribution in [0.2, 0.25) is 0 Å². The predicted molar refractivity (Wildman–Crippen MR) is 177 cm³/mol. The summed E-state index contributed by atoms with van der Waals surface area (Å²) in [4.78, 5) is 22.6. The number of imidazole rings is 1. The van der Waals surface area contributed by atoms with E-state index in [0.29, 0.717) is 12.4 Å². The minimum Gasteiger partial charge on any atom is -0.387 e. The van der Waals surface area contributed by atoms with Crippen LogP contribution in [0.3, 0.4) is 0 Å². The molecule has 0 bridgehead atoms. The third kappa shape index (κ3) is 7.67. The Labute approximate surface area is 258 Å². The highest BCUT2D eigenvalue weighted by Gasteiger charge is 2.15. The van der Waals surface area contributed by atoms with Gasteiger partial charge in [0, 0.05) is 25.3 Å². The average Bonchev–Trinajstić information content (AvgIpc) is 3.47. The van der Waals surface area contributed by atoms with Crippen molar-refractivity contribution in [2.24, 2.45) is 0 Å². The summed E-state index contributed by atoms with van der Waals surface area (Å²) in [5.74, 6) is 0.537. The molecule has 0 aliphatic rings. The molecule has 0 aliphatic heterocycles. The highest BCUT2D eigenvalue weighted by Crippen LogP contribution is 2.23. The molecule has 0 saturated heterocycles. The van der Waals surface area contributed by atoms with Crippen molar-refractivity contribution in [1.82, 2.24) is 14.9 Å². The summed E-state index contributed by atoms with van der Waals surface area (Å²) in [6.07, 6.45) is 0.525. The molecule has 0 fully saturated rings. The molecule has 0 unspecified atom stereocenters. The first-order chi connectivity index (χ1) is 21.6. The summed E-state index contributed by atoms with van der Waals surface area (Å²) in [6.45, 7) is 2.18. The Morgan fingerprint density at radius 1 is 0.750 bits per heavy atom. The predicted octanol–water partition coefficient (Wildman–Crippen LogP) is 7.19. The maximum absolute atomic E-state index is 12.6. The number of para-hydroxylation sites is 2. The van der Waals surface area contributed by atoms with Gasteiger partial charge in [0.25, 0.3) is 0 Å². The number of carbonyl (C=O) groups excluding carboxylic acids is 1. The van der Waals surface area contributed by atoms with Gasteiger partial charge in [-0.05, 0) is 58.5 Å². The van der Waals surface area contributed by atoms with E-state index < -0.39 is 6.10 Å². The second-order valence-electron chi connectivity index (χ2n) is 11.1. The van der Waals surface area contributed by atoms with E-state index in [1.807, 2.05) is 84.9 Å². The molecular formula is C38H36N4O2. The van der Waals surface area contributed by atoms with Gasteiger partial charge in [0.2, 0.25) is 5.91 Å². The van der Waals surface area contributed by atoms with Crippen molar-refractivity contribution in [3.63, 3.8) is 0 Å². The van der Waals surface area contributed by atoms with E-state index in [2.05, 4.69) is 68.7 Å². The summed E-state index contributed by atoms with van der Waals surface area (Å²) in [6, 6.07) is 44.6. The number of hydrogen-bond donors (Lipinski definition) is 3. The number of nitrogens with zero attached hydrogens (tertiary/aromatic N) is 2. The van der Waals surface area contributed by atoms with Crippen LogP contribution in [0.5, 0.6) is 0 Å². The van der Waals surface area contributed by atoms with E-state index >= 15 is 0 Å². The molecule has 6 heteroatoms. The van der Waals surface area contributed by atoms with Crippen LogP contribution in [0.25, 0.3) is 22.2 Å².